The highest BCUT2D eigenvalue weighted by atomic mass is 32.2. The van der Waals surface area contributed by atoms with Gasteiger partial charge in [-0.1, -0.05) is 6.92 Å². The van der Waals surface area contributed by atoms with Crippen LogP contribution in [0.4, 0.5) is 0 Å². The molecule has 0 saturated carbocycles. The van der Waals surface area contributed by atoms with Crippen molar-refractivity contribution in [2.24, 2.45) is 5.73 Å². The van der Waals surface area contributed by atoms with Gasteiger partial charge in [0.2, 0.25) is 0 Å². The smallest absolute Gasteiger partial charge is 0.323 e. The number of rotatable bonds is 5. The van der Waals surface area contributed by atoms with Crippen LogP contribution in [0.3, 0.4) is 0 Å². The molecule has 4 N–H and O–H groups in total. The number of nitrogens with one attached hydrogen (secondary N) is 1. The van der Waals surface area contributed by atoms with Crippen molar-refractivity contribution in [3.05, 3.63) is 0 Å². The van der Waals surface area contributed by atoms with Crippen molar-refractivity contribution in [3.8, 4) is 0 Å². The van der Waals surface area contributed by atoms with Crippen LogP contribution >= 0.6 is 11.8 Å². The molecule has 0 radical (unpaired) electrons. The molecular formula is C7H17N2O3S2-. The fourth-order valence-corrected chi connectivity index (χ4v) is 1.29. The molecule has 0 unspecified atom stereocenters. The Labute approximate surface area is 91.5 Å². The Morgan fingerprint density at radius 3 is 2.36 bits per heavy atom. The fraction of sp³-hybridized carbons (Fsp3) is 0.857. The Morgan fingerprint density at radius 1 is 1.71 bits per heavy atom. The predicted octanol–water partition coefficient (Wildman–Crippen LogP) is 0.841. The summed E-state index contributed by atoms with van der Waals surface area (Å²) in [7, 11) is 0. The van der Waals surface area contributed by atoms with Crippen LogP contribution in [0.2, 0.25) is 0 Å². The van der Waals surface area contributed by atoms with Gasteiger partial charge in [0, 0.05) is 0 Å². The van der Waals surface area contributed by atoms with E-state index in [4.69, 9.17) is 19.8 Å². The first-order chi connectivity index (χ1) is 6.48. The summed E-state index contributed by atoms with van der Waals surface area (Å²) in [6.07, 6.45) is 2.97. The van der Waals surface area contributed by atoms with Gasteiger partial charge in [0.25, 0.3) is 0 Å². The van der Waals surface area contributed by atoms with Gasteiger partial charge in [-0.25, -0.2) is 11.5 Å². The number of carbonyl (C=O) groups is 1. The minimum atomic E-state index is -1.01. The lowest BCUT2D eigenvalue weighted by Gasteiger charge is -2.21. The second-order valence-electron chi connectivity index (χ2n) is 2.65. The molecular weight excluding hydrogens is 224 g/mol. The van der Waals surface area contributed by atoms with E-state index in [1.807, 2.05) is 6.26 Å². The average molecular weight is 241 g/mol. The molecule has 0 fully saturated rings. The zero-order chi connectivity index (χ0) is 11.6. The monoisotopic (exact) mass is 241 g/mol. The van der Waals surface area contributed by atoms with Gasteiger partial charge in [-0.3, -0.25) is 4.79 Å². The first-order valence-corrected chi connectivity index (χ1v) is 6.19. The van der Waals surface area contributed by atoms with Crippen molar-refractivity contribution >= 4 is 29.2 Å². The second-order valence-corrected chi connectivity index (χ2v) is 3.82. The van der Waals surface area contributed by atoms with Crippen LogP contribution in [-0.2, 0) is 20.5 Å². The summed E-state index contributed by atoms with van der Waals surface area (Å²) in [6, 6.07) is 0. The van der Waals surface area contributed by atoms with Crippen molar-refractivity contribution in [1.29, 1.82) is 4.78 Å². The number of hydrogen-bond donors (Lipinski definition) is 3. The van der Waals surface area contributed by atoms with Crippen LogP contribution < -0.4 is 5.73 Å². The molecule has 0 aromatic carbocycles. The second kappa shape index (κ2) is 9.29. The Morgan fingerprint density at radius 2 is 2.14 bits per heavy atom. The maximum Gasteiger partial charge on any atom is 0.323 e. The first-order valence-electron chi connectivity index (χ1n) is 3.98. The van der Waals surface area contributed by atoms with Crippen molar-refractivity contribution in [2.75, 3.05) is 12.0 Å². The van der Waals surface area contributed by atoms with Gasteiger partial charge in [-0.2, -0.15) is 11.8 Å². The highest BCUT2D eigenvalue weighted by Gasteiger charge is 2.30. The Hall–Kier alpha value is -0.270. The van der Waals surface area contributed by atoms with Gasteiger partial charge in [0.05, 0.1) is 0 Å². The van der Waals surface area contributed by atoms with Gasteiger partial charge in [-0.05, 0) is 24.9 Å². The predicted molar refractivity (Wildman–Crippen MR) is 60.0 cm³/mol. The molecule has 14 heavy (non-hydrogen) atoms. The molecule has 0 aliphatic rings. The molecule has 5 nitrogen and oxygen atoms in total. The number of carboxylic acid groups (broad SMARTS) is 1. The van der Waals surface area contributed by atoms with Gasteiger partial charge >= 0.3 is 5.97 Å². The molecule has 0 aliphatic carbocycles. The largest absolute Gasteiger partial charge is 0.480 e. The van der Waals surface area contributed by atoms with Crippen molar-refractivity contribution in [2.45, 2.75) is 25.3 Å². The van der Waals surface area contributed by atoms with E-state index >= 15 is 0 Å². The molecule has 0 rings (SSSR count). The zero-order valence-corrected chi connectivity index (χ0v) is 10.0. The number of carboxylic acids is 1. The maximum atomic E-state index is 10.6. The van der Waals surface area contributed by atoms with E-state index in [2.05, 4.69) is 0 Å². The molecule has 0 amide bonds. The molecule has 0 bridgehead atoms. The number of thiol groups is 1. The minimum absolute atomic E-state index is 0.489. The summed E-state index contributed by atoms with van der Waals surface area (Å²) in [5.41, 5.74) is 4.60. The quantitative estimate of drug-likeness (QED) is 0.489. The molecule has 0 saturated heterocycles. The number of thioether (sulfide) groups is 1. The van der Waals surface area contributed by atoms with E-state index in [-0.39, 0.29) is 0 Å². The summed E-state index contributed by atoms with van der Waals surface area (Å²) in [5, 5.41) is 8.72. The van der Waals surface area contributed by atoms with E-state index in [1.54, 1.807) is 18.7 Å². The normalized spacial score (nSPS) is 13.6. The van der Waals surface area contributed by atoms with Crippen LogP contribution in [0.15, 0.2) is 0 Å². The van der Waals surface area contributed by atoms with Crippen molar-refractivity contribution < 1.29 is 14.1 Å². The average Bonchev–Trinajstić information content (AvgIpc) is 2.15. The number of aliphatic carboxylic acids is 1. The minimum Gasteiger partial charge on any atom is -0.480 e. The molecule has 7 heteroatoms. The molecule has 0 aliphatic heterocycles. The molecule has 0 aromatic heterocycles. The number of hydrogen-bond acceptors (Lipinski definition) is 6. The summed E-state index contributed by atoms with van der Waals surface area (Å²) >= 11 is 1.03. The summed E-state index contributed by atoms with van der Waals surface area (Å²) in [6.45, 7) is 1.80. The Bertz CT molecular complexity index is 207. The highest BCUT2D eigenvalue weighted by Crippen LogP contribution is 2.14. The first kappa shape index (κ1) is 16.2. The molecule has 0 heterocycles. The fourth-order valence-electron chi connectivity index (χ4n) is 0.719. The van der Waals surface area contributed by atoms with E-state index in [0.29, 0.717) is 12.8 Å². The lowest BCUT2D eigenvalue weighted by molar-refractivity contribution is -0.143. The van der Waals surface area contributed by atoms with Crippen molar-refractivity contribution in [1.82, 2.24) is 0 Å². The Balaban J connectivity index is 0. The third-order valence-electron chi connectivity index (χ3n) is 1.81. The van der Waals surface area contributed by atoms with E-state index in [1.165, 1.54) is 0 Å². The maximum absolute atomic E-state index is 10.6. The third-order valence-corrected chi connectivity index (χ3v) is 2.42. The molecule has 1 atom stereocenters. The van der Waals surface area contributed by atoms with Gasteiger partial charge in [0.15, 0.2) is 0 Å². The van der Waals surface area contributed by atoms with E-state index in [0.717, 1.165) is 5.75 Å². The Kier molecular flexibility index (Phi) is 10.7. The topological polar surface area (TPSA) is 104 Å². The van der Waals surface area contributed by atoms with Crippen LogP contribution in [0.25, 0.3) is 0 Å². The lowest BCUT2D eigenvalue weighted by atomic mass is 9.95. The van der Waals surface area contributed by atoms with Crippen LogP contribution in [0, 0.1) is 4.78 Å². The van der Waals surface area contributed by atoms with Crippen LogP contribution in [0.1, 0.15) is 19.8 Å². The summed E-state index contributed by atoms with van der Waals surface area (Å²) in [4.78, 5) is 10.6. The standard InChI is InChI=1S/C7H15NO2S.H2NOS/c1-3-7(8,6(9)10)4-5-11-2;1-3-2/h3-5,8H2,1-2H3,(H,9,10);1,3H/q;-1/t7-;/m0./s1. The molecule has 0 spiro atoms. The SMILES string of the molecule is CC[C@](N)(CCSC)C(=O)O.N=[SH-]=O. The van der Waals surface area contributed by atoms with Crippen molar-refractivity contribution in [3.63, 3.8) is 0 Å². The third kappa shape index (κ3) is 7.16. The lowest BCUT2D eigenvalue weighted by Crippen LogP contribution is -2.47. The molecule has 86 valence electrons. The zero-order valence-electron chi connectivity index (χ0n) is 8.32. The summed E-state index contributed by atoms with van der Waals surface area (Å²) < 4.78 is 14.2. The van der Waals surface area contributed by atoms with Crippen LogP contribution in [-0.4, -0.2) is 28.6 Å². The highest BCUT2D eigenvalue weighted by molar-refractivity contribution is 7.98. The van der Waals surface area contributed by atoms with Gasteiger partial charge in [0.1, 0.15) is 5.54 Å². The number of nitrogens with two attached hydrogens (primary N) is 1. The van der Waals surface area contributed by atoms with E-state index < -0.39 is 23.0 Å². The van der Waals surface area contributed by atoms with Gasteiger partial charge < -0.3 is 19.8 Å². The van der Waals surface area contributed by atoms with E-state index in [9.17, 15) is 4.79 Å². The summed E-state index contributed by atoms with van der Waals surface area (Å²) in [5.74, 6) is -0.0922. The van der Waals surface area contributed by atoms with Crippen LogP contribution in [0.5, 0.6) is 0 Å². The molecule has 0 aromatic rings. The van der Waals surface area contributed by atoms with Gasteiger partial charge in [-0.15, -0.1) is 0 Å².